The number of pyridine rings is 1. The molecule has 0 aliphatic rings. The van der Waals surface area contributed by atoms with Crippen LogP contribution in [0.5, 0.6) is 5.75 Å². The summed E-state index contributed by atoms with van der Waals surface area (Å²) in [7, 11) is 1.62. The van der Waals surface area contributed by atoms with E-state index < -0.39 is 5.76 Å². The Bertz CT molecular complexity index is 1510. The van der Waals surface area contributed by atoms with Crippen molar-refractivity contribution >= 4 is 22.0 Å². The third-order valence-corrected chi connectivity index (χ3v) is 6.00. The molecular formula is C25H23N3O4. The van der Waals surface area contributed by atoms with Gasteiger partial charge in [-0.2, -0.15) is 0 Å². The van der Waals surface area contributed by atoms with E-state index in [2.05, 4.69) is 5.16 Å². The summed E-state index contributed by atoms with van der Waals surface area (Å²) < 4.78 is 18.5. The average Bonchev–Trinajstić information content (AvgIpc) is 3.32. The van der Waals surface area contributed by atoms with Gasteiger partial charge >= 0.3 is 5.76 Å². The predicted octanol–water partition coefficient (Wildman–Crippen LogP) is 5.34. The van der Waals surface area contributed by atoms with E-state index in [1.165, 1.54) is 0 Å². The molecule has 0 aliphatic carbocycles. The normalized spacial score (nSPS) is 12.5. The summed E-state index contributed by atoms with van der Waals surface area (Å²) in [6.07, 6.45) is 0. The minimum absolute atomic E-state index is 0.219. The molecule has 5 aromatic rings. The molecule has 7 nitrogen and oxygen atoms in total. The van der Waals surface area contributed by atoms with Crippen LogP contribution in [0.2, 0.25) is 0 Å². The van der Waals surface area contributed by atoms with Crippen LogP contribution < -0.4 is 10.5 Å². The molecule has 0 fully saturated rings. The number of oxazole rings is 1. The molecular weight excluding hydrogens is 406 g/mol. The first-order valence-electron chi connectivity index (χ1n) is 10.4. The molecule has 0 bridgehead atoms. The van der Waals surface area contributed by atoms with Gasteiger partial charge in [0, 0.05) is 10.9 Å². The summed E-state index contributed by atoms with van der Waals surface area (Å²) in [4.78, 5) is 17.7. The molecule has 5 rings (SSSR count). The Morgan fingerprint density at radius 3 is 2.47 bits per heavy atom. The highest BCUT2D eigenvalue weighted by atomic mass is 16.5. The molecule has 0 amide bonds. The van der Waals surface area contributed by atoms with Crippen molar-refractivity contribution in [3.8, 4) is 16.9 Å². The van der Waals surface area contributed by atoms with Gasteiger partial charge in [-0.25, -0.2) is 9.78 Å². The van der Waals surface area contributed by atoms with E-state index in [0.29, 0.717) is 28.3 Å². The fourth-order valence-electron chi connectivity index (χ4n) is 4.43. The average molecular weight is 429 g/mol. The number of hydrogen-bond donors (Lipinski definition) is 0. The van der Waals surface area contributed by atoms with Crippen molar-refractivity contribution in [3.63, 3.8) is 0 Å². The molecule has 3 heterocycles. The van der Waals surface area contributed by atoms with Gasteiger partial charge in [0.15, 0.2) is 5.58 Å². The number of aryl methyl sites for hydroxylation is 3. The fraction of sp³-hybridized carbons (Fsp3) is 0.240. The number of fused-ring (bicyclic) bond motifs is 3. The molecule has 2 aromatic carbocycles. The van der Waals surface area contributed by atoms with Crippen LogP contribution in [0.4, 0.5) is 0 Å². The van der Waals surface area contributed by atoms with Crippen molar-refractivity contribution in [3.05, 3.63) is 75.7 Å². The summed E-state index contributed by atoms with van der Waals surface area (Å²) in [5.41, 5.74) is 6.09. The second-order valence-corrected chi connectivity index (χ2v) is 7.97. The Morgan fingerprint density at radius 1 is 1.06 bits per heavy atom. The smallest absolute Gasteiger partial charge is 0.420 e. The van der Waals surface area contributed by atoms with E-state index in [1.807, 2.05) is 70.2 Å². The molecule has 0 spiro atoms. The van der Waals surface area contributed by atoms with E-state index in [4.69, 9.17) is 18.7 Å². The summed E-state index contributed by atoms with van der Waals surface area (Å²) in [5.74, 6) is 0.935. The molecule has 0 aliphatic heterocycles. The van der Waals surface area contributed by atoms with Gasteiger partial charge in [0.05, 0.1) is 35.6 Å². The third-order valence-electron chi connectivity index (χ3n) is 6.00. The zero-order valence-corrected chi connectivity index (χ0v) is 18.6. The second kappa shape index (κ2) is 7.37. The summed E-state index contributed by atoms with van der Waals surface area (Å²) in [6.45, 7) is 7.60. The second-order valence-electron chi connectivity index (χ2n) is 7.97. The lowest BCUT2D eigenvalue weighted by atomic mass is 10.00. The first-order valence-corrected chi connectivity index (χ1v) is 10.4. The van der Waals surface area contributed by atoms with E-state index in [-0.39, 0.29) is 6.04 Å². The Morgan fingerprint density at radius 2 is 1.81 bits per heavy atom. The summed E-state index contributed by atoms with van der Waals surface area (Å²) in [5, 5.41) is 4.86. The highest BCUT2D eigenvalue weighted by molar-refractivity contribution is 6.05. The first kappa shape index (κ1) is 20.1. The van der Waals surface area contributed by atoms with Crippen LogP contribution >= 0.6 is 0 Å². The minimum Gasteiger partial charge on any atom is -0.496 e. The van der Waals surface area contributed by atoms with Crippen LogP contribution in [0.15, 0.2) is 56.2 Å². The lowest BCUT2D eigenvalue weighted by molar-refractivity contribution is 0.393. The van der Waals surface area contributed by atoms with E-state index in [0.717, 1.165) is 33.3 Å². The third kappa shape index (κ3) is 2.92. The van der Waals surface area contributed by atoms with Gasteiger partial charge in [-0.1, -0.05) is 35.5 Å². The number of methoxy groups -OCH3 is 1. The number of benzene rings is 2. The highest BCUT2D eigenvalue weighted by Crippen LogP contribution is 2.39. The Balaban J connectivity index is 1.86. The maximum Gasteiger partial charge on any atom is 0.420 e. The molecule has 0 saturated heterocycles. The molecule has 0 saturated carbocycles. The standard InChI is InChI=1S/C25H23N3O4/c1-13-22(16(4)32-27-13)19-11-20-18(12-21(19)30-5)23-24(14(2)26-20)31-25(29)28(23)15(3)17-9-7-6-8-10-17/h6-12,15H,1-5H3/t15-/m1/s1. The van der Waals surface area contributed by atoms with Crippen molar-refractivity contribution in [1.82, 2.24) is 14.7 Å². The number of ether oxygens (including phenoxy) is 1. The molecule has 3 aromatic heterocycles. The Kier molecular flexibility index (Phi) is 4.62. The predicted molar refractivity (Wildman–Crippen MR) is 122 cm³/mol. The lowest BCUT2D eigenvalue weighted by Gasteiger charge is -2.15. The first-order chi connectivity index (χ1) is 15.4. The number of nitrogens with zero attached hydrogens (tertiary/aromatic N) is 3. The molecule has 32 heavy (non-hydrogen) atoms. The maximum absolute atomic E-state index is 13.0. The van der Waals surface area contributed by atoms with Crippen molar-refractivity contribution in [1.29, 1.82) is 0 Å². The van der Waals surface area contributed by atoms with Crippen LogP contribution in [0.1, 0.15) is 35.7 Å². The largest absolute Gasteiger partial charge is 0.496 e. The van der Waals surface area contributed by atoms with Gasteiger partial charge in [0.1, 0.15) is 17.0 Å². The monoisotopic (exact) mass is 429 g/mol. The minimum atomic E-state index is -0.414. The van der Waals surface area contributed by atoms with Crippen molar-refractivity contribution in [2.75, 3.05) is 7.11 Å². The van der Waals surface area contributed by atoms with Gasteiger partial charge in [-0.15, -0.1) is 0 Å². The molecule has 7 heteroatoms. The van der Waals surface area contributed by atoms with Crippen molar-refractivity contribution < 1.29 is 13.7 Å². The molecule has 0 N–H and O–H groups in total. The maximum atomic E-state index is 13.0. The van der Waals surface area contributed by atoms with E-state index in [9.17, 15) is 4.79 Å². The van der Waals surface area contributed by atoms with Crippen LogP contribution in [0.3, 0.4) is 0 Å². The molecule has 0 radical (unpaired) electrons. The highest BCUT2D eigenvalue weighted by Gasteiger charge is 2.24. The molecule has 162 valence electrons. The number of aromatic nitrogens is 3. The van der Waals surface area contributed by atoms with Gasteiger partial charge in [0.2, 0.25) is 0 Å². The number of rotatable bonds is 4. The fourth-order valence-corrected chi connectivity index (χ4v) is 4.43. The zero-order valence-electron chi connectivity index (χ0n) is 18.6. The molecule has 0 unspecified atom stereocenters. The van der Waals surface area contributed by atoms with Crippen LogP contribution in [0.25, 0.3) is 33.1 Å². The van der Waals surface area contributed by atoms with Crippen molar-refractivity contribution in [2.24, 2.45) is 0 Å². The van der Waals surface area contributed by atoms with Gasteiger partial charge in [-0.05, 0) is 45.4 Å². The summed E-state index contributed by atoms with van der Waals surface area (Å²) in [6, 6.07) is 13.5. The lowest BCUT2D eigenvalue weighted by Crippen LogP contribution is -2.19. The van der Waals surface area contributed by atoms with Crippen LogP contribution in [0, 0.1) is 20.8 Å². The van der Waals surface area contributed by atoms with Gasteiger partial charge in [-0.3, -0.25) is 4.57 Å². The van der Waals surface area contributed by atoms with Gasteiger partial charge in [0.25, 0.3) is 0 Å². The van der Waals surface area contributed by atoms with E-state index in [1.54, 1.807) is 11.7 Å². The summed E-state index contributed by atoms with van der Waals surface area (Å²) >= 11 is 0. The Labute approximate surface area is 184 Å². The van der Waals surface area contributed by atoms with Crippen LogP contribution in [-0.4, -0.2) is 21.8 Å². The zero-order chi connectivity index (χ0) is 22.6. The van der Waals surface area contributed by atoms with Gasteiger partial charge < -0.3 is 13.7 Å². The molecule has 1 atom stereocenters. The topological polar surface area (TPSA) is 83.3 Å². The van der Waals surface area contributed by atoms with Crippen LogP contribution in [-0.2, 0) is 0 Å². The number of hydrogen-bond acceptors (Lipinski definition) is 6. The van der Waals surface area contributed by atoms with Crippen molar-refractivity contribution in [2.45, 2.75) is 33.7 Å². The Hall–Kier alpha value is -3.87. The quantitative estimate of drug-likeness (QED) is 0.383. The van der Waals surface area contributed by atoms with E-state index >= 15 is 0 Å². The SMILES string of the molecule is COc1cc2c(cc1-c1c(C)noc1C)nc(C)c1oc(=O)n([C@H](C)c3ccccc3)c12.